The van der Waals surface area contributed by atoms with Gasteiger partial charge in [-0.2, -0.15) is 0 Å². The van der Waals surface area contributed by atoms with E-state index in [-0.39, 0.29) is 11.9 Å². The van der Waals surface area contributed by atoms with Crippen LogP contribution in [0.5, 0.6) is 0 Å². The highest BCUT2D eigenvalue weighted by Crippen LogP contribution is 2.32. The van der Waals surface area contributed by atoms with Gasteiger partial charge >= 0.3 is 6.03 Å². The molecule has 0 unspecified atom stereocenters. The molecule has 2 aromatic carbocycles. The fourth-order valence-corrected chi connectivity index (χ4v) is 5.59. The van der Waals surface area contributed by atoms with Crippen molar-refractivity contribution in [2.45, 2.75) is 25.4 Å². The molecule has 3 amide bonds. The zero-order chi connectivity index (χ0) is 22.1. The lowest BCUT2D eigenvalue weighted by Gasteiger charge is -2.35. The van der Waals surface area contributed by atoms with Crippen molar-refractivity contribution in [2.75, 3.05) is 32.8 Å². The molecule has 2 aliphatic heterocycles. The van der Waals surface area contributed by atoms with Crippen LogP contribution in [0, 0.1) is 0 Å². The van der Waals surface area contributed by atoms with Crippen LogP contribution in [0.1, 0.15) is 23.9 Å². The Balaban J connectivity index is 1.20. The van der Waals surface area contributed by atoms with Crippen molar-refractivity contribution in [1.82, 2.24) is 25.0 Å². The van der Waals surface area contributed by atoms with E-state index in [0.29, 0.717) is 13.1 Å². The van der Waals surface area contributed by atoms with E-state index < -0.39 is 5.54 Å². The van der Waals surface area contributed by atoms with Gasteiger partial charge in [0.05, 0.1) is 23.4 Å². The molecule has 0 spiro atoms. The van der Waals surface area contributed by atoms with Crippen LogP contribution in [0.3, 0.4) is 0 Å². The molecule has 0 radical (unpaired) electrons. The standard InChI is InChI=1S/C24H27N5O2S/c1-2-24(18-8-4-3-5-9-18)22(30)29(23(31)26-24)17-28-14-12-27(13-15-28)16-21-25-19-10-6-7-11-20(19)32-21/h3-11H,2,12-17H2,1H3,(H,26,31)/t24-/m0/s1. The Morgan fingerprint density at radius 2 is 1.66 bits per heavy atom. The van der Waals surface area contributed by atoms with Gasteiger partial charge < -0.3 is 5.32 Å². The van der Waals surface area contributed by atoms with Crippen LogP contribution in [0.15, 0.2) is 54.6 Å². The third kappa shape index (κ3) is 3.79. The molecule has 2 saturated heterocycles. The highest BCUT2D eigenvalue weighted by Gasteiger charge is 2.51. The van der Waals surface area contributed by atoms with Crippen LogP contribution in [-0.2, 0) is 16.9 Å². The molecule has 166 valence electrons. The summed E-state index contributed by atoms with van der Waals surface area (Å²) in [6.07, 6.45) is 0.522. The summed E-state index contributed by atoms with van der Waals surface area (Å²) in [4.78, 5) is 36.8. The van der Waals surface area contributed by atoms with Crippen LogP contribution >= 0.6 is 11.3 Å². The number of urea groups is 1. The molecule has 3 heterocycles. The van der Waals surface area contributed by atoms with Crippen molar-refractivity contribution in [3.05, 3.63) is 65.2 Å². The second-order valence-corrected chi connectivity index (χ2v) is 9.51. The molecular weight excluding hydrogens is 422 g/mol. The first kappa shape index (κ1) is 21.1. The summed E-state index contributed by atoms with van der Waals surface area (Å²) < 4.78 is 1.22. The molecule has 3 aromatic rings. The van der Waals surface area contributed by atoms with E-state index >= 15 is 0 Å². The summed E-state index contributed by atoms with van der Waals surface area (Å²) in [5.74, 6) is -0.159. The number of amides is 3. The number of nitrogens with one attached hydrogen (secondary N) is 1. The molecule has 7 nitrogen and oxygen atoms in total. The number of imide groups is 1. The Morgan fingerprint density at radius 1 is 0.969 bits per heavy atom. The lowest BCUT2D eigenvalue weighted by molar-refractivity contribution is -0.133. The lowest BCUT2D eigenvalue weighted by Crippen LogP contribution is -2.51. The lowest BCUT2D eigenvalue weighted by atomic mass is 9.87. The van der Waals surface area contributed by atoms with Crippen molar-refractivity contribution in [3.63, 3.8) is 0 Å². The first-order chi connectivity index (χ1) is 15.6. The number of hydrogen-bond donors (Lipinski definition) is 1. The SMILES string of the molecule is CC[C@@]1(c2ccccc2)NC(=O)N(CN2CCN(Cc3nc4ccccc4s3)CC2)C1=O. The number of carbonyl (C=O) groups excluding carboxylic acids is 2. The van der Waals surface area contributed by atoms with Gasteiger partial charge in [-0.1, -0.05) is 49.4 Å². The first-order valence-electron chi connectivity index (χ1n) is 11.1. The number of rotatable bonds is 6. The van der Waals surface area contributed by atoms with E-state index in [1.807, 2.05) is 49.4 Å². The fraction of sp³-hybridized carbons (Fsp3) is 0.375. The summed E-state index contributed by atoms with van der Waals surface area (Å²) in [6, 6.07) is 17.5. The monoisotopic (exact) mass is 449 g/mol. The number of nitrogens with zero attached hydrogens (tertiary/aromatic N) is 4. The number of hydrogen-bond acceptors (Lipinski definition) is 6. The van der Waals surface area contributed by atoms with E-state index in [1.54, 1.807) is 11.3 Å². The quantitative estimate of drug-likeness (QED) is 0.585. The number of para-hydroxylation sites is 1. The van der Waals surface area contributed by atoms with Crippen molar-refractivity contribution in [2.24, 2.45) is 0 Å². The number of piperazine rings is 1. The molecule has 1 N–H and O–H groups in total. The number of carbonyl (C=O) groups is 2. The van der Waals surface area contributed by atoms with Crippen LogP contribution in [0.25, 0.3) is 10.2 Å². The van der Waals surface area contributed by atoms with Gasteiger partial charge in [-0.05, 0) is 24.1 Å². The van der Waals surface area contributed by atoms with Gasteiger partial charge in [0.1, 0.15) is 10.5 Å². The highest BCUT2D eigenvalue weighted by atomic mass is 32.1. The molecule has 0 aliphatic carbocycles. The first-order valence-corrected chi connectivity index (χ1v) is 11.9. The summed E-state index contributed by atoms with van der Waals surface area (Å²) >= 11 is 1.75. The van der Waals surface area contributed by atoms with Crippen LogP contribution in [0.2, 0.25) is 0 Å². The van der Waals surface area contributed by atoms with Crippen molar-refractivity contribution in [1.29, 1.82) is 0 Å². The molecule has 5 rings (SSSR count). The van der Waals surface area contributed by atoms with Gasteiger partial charge in [-0.15, -0.1) is 11.3 Å². The molecule has 1 atom stereocenters. The topological polar surface area (TPSA) is 68.8 Å². The van der Waals surface area contributed by atoms with Crippen molar-refractivity contribution in [3.8, 4) is 0 Å². The van der Waals surface area contributed by atoms with Crippen LogP contribution < -0.4 is 5.32 Å². The van der Waals surface area contributed by atoms with E-state index in [9.17, 15) is 9.59 Å². The minimum Gasteiger partial charge on any atom is -0.319 e. The molecular formula is C24H27N5O2S. The molecule has 2 fully saturated rings. The van der Waals surface area contributed by atoms with Crippen molar-refractivity contribution < 1.29 is 9.59 Å². The smallest absolute Gasteiger partial charge is 0.319 e. The number of aromatic nitrogens is 1. The van der Waals surface area contributed by atoms with Gasteiger partial charge in [0.2, 0.25) is 0 Å². The molecule has 8 heteroatoms. The summed E-state index contributed by atoms with van der Waals surface area (Å²) in [5.41, 5.74) is 0.930. The number of benzene rings is 2. The Labute approximate surface area is 191 Å². The maximum atomic E-state index is 13.3. The zero-order valence-electron chi connectivity index (χ0n) is 18.2. The minimum absolute atomic E-state index is 0.159. The zero-order valence-corrected chi connectivity index (χ0v) is 19.0. The van der Waals surface area contributed by atoms with E-state index in [4.69, 9.17) is 4.98 Å². The molecule has 2 aliphatic rings. The minimum atomic E-state index is -0.965. The second-order valence-electron chi connectivity index (χ2n) is 8.40. The molecule has 1 aromatic heterocycles. The predicted molar refractivity (Wildman–Crippen MR) is 125 cm³/mol. The van der Waals surface area contributed by atoms with E-state index in [1.165, 1.54) is 9.60 Å². The van der Waals surface area contributed by atoms with Crippen LogP contribution in [-0.4, -0.2) is 64.5 Å². The Kier molecular flexibility index (Phi) is 5.67. The van der Waals surface area contributed by atoms with Crippen molar-refractivity contribution >= 4 is 33.5 Å². The summed E-state index contributed by atoms with van der Waals surface area (Å²) in [7, 11) is 0. The summed E-state index contributed by atoms with van der Waals surface area (Å²) in [6.45, 7) is 6.50. The third-order valence-electron chi connectivity index (χ3n) is 6.48. The van der Waals surface area contributed by atoms with E-state index in [0.717, 1.165) is 48.8 Å². The predicted octanol–water partition coefficient (Wildman–Crippen LogP) is 3.23. The largest absolute Gasteiger partial charge is 0.326 e. The van der Waals surface area contributed by atoms with Gasteiger partial charge in [-0.3, -0.25) is 14.6 Å². The molecule has 0 bridgehead atoms. The molecule has 32 heavy (non-hydrogen) atoms. The Hall–Kier alpha value is -2.81. The van der Waals surface area contributed by atoms with Gasteiger partial charge in [0, 0.05) is 26.2 Å². The second kappa shape index (κ2) is 8.61. The molecule has 0 saturated carbocycles. The average molecular weight is 450 g/mol. The van der Waals surface area contributed by atoms with Gasteiger partial charge in [0.15, 0.2) is 0 Å². The van der Waals surface area contributed by atoms with Gasteiger partial charge in [-0.25, -0.2) is 14.7 Å². The maximum absolute atomic E-state index is 13.3. The Morgan fingerprint density at radius 3 is 2.38 bits per heavy atom. The third-order valence-corrected chi connectivity index (χ3v) is 7.50. The Bertz CT molecular complexity index is 1090. The number of thiazole rings is 1. The fourth-order valence-electron chi connectivity index (χ4n) is 4.58. The number of fused-ring (bicyclic) bond motifs is 1. The normalized spacial score (nSPS) is 22.6. The van der Waals surface area contributed by atoms with Gasteiger partial charge in [0.25, 0.3) is 5.91 Å². The maximum Gasteiger partial charge on any atom is 0.326 e. The van der Waals surface area contributed by atoms with Crippen LogP contribution in [0.4, 0.5) is 4.79 Å². The average Bonchev–Trinajstić information content (AvgIpc) is 3.34. The van der Waals surface area contributed by atoms with E-state index in [2.05, 4.69) is 27.2 Å². The summed E-state index contributed by atoms with van der Waals surface area (Å²) in [5, 5.41) is 4.10. The highest BCUT2D eigenvalue weighted by molar-refractivity contribution is 7.18.